The van der Waals surface area contributed by atoms with Gasteiger partial charge in [-0.3, -0.25) is 4.79 Å². The molecule has 8 N–H and O–H groups in total. The van der Waals surface area contributed by atoms with Crippen LogP contribution in [0.15, 0.2) is 12.2 Å². The zero-order chi connectivity index (χ0) is 55.4. The molecule has 0 spiro atoms. The van der Waals surface area contributed by atoms with E-state index in [0.29, 0.717) is 12.8 Å². The highest BCUT2D eigenvalue weighted by Gasteiger charge is 2.44. The van der Waals surface area contributed by atoms with Crippen LogP contribution in [0.1, 0.15) is 328 Å². The maximum atomic E-state index is 13.2. The third kappa shape index (κ3) is 41.8. The molecule has 452 valence electrons. The third-order valence-corrected chi connectivity index (χ3v) is 16.3. The van der Waals surface area contributed by atoms with Gasteiger partial charge >= 0.3 is 0 Å². The molecule has 1 rings (SSSR count). The Kier molecular flexibility index (Phi) is 52.2. The number of carbonyl (C=O) groups is 1. The van der Waals surface area contributed by atoms with Crippen LogP contribution in [0.5, 0.6) is 0 Å². The minimum atomic E-state index is -1.67. The molecule has 9 unspecified atom stereocenters. The lowest BCUT2D eigenvalue weighted by Crippen LogP contribution is -2.60. The van der Waals surface area contributed by atoms with E-state index in [-0.39, 0.29) is 12.8 Å². The van der Waals surface area contributed by atoms with Gasteiger partial charge in [0.1, 0.15) is 36.6 Å². The van der Waals surface area contributed by atoms with Crippen molar-refractivity contribution in [3.63, 3.8) is 0 Å². The number of hydrogen-bond acceptors (Lipinski definition) is 10. The van der Waals surface area contributed by atoms with Gasteiger partial charge in [0, 0.05) is 0 Å². The van der Waals surface area contributed by atoms with Crippen molar-refractivity contribution in [1.29, 1.82) is 0 Å². The number of rotatable bonds is 58. The number of nitrogens with one attached hydrogen (secondary N) is 1. The first-order valence-electron chi connectivity index (χ1n) is 33.1. The highest BCUT2D eigenvalue weighted by molar-refractivity contribution is 5.80. The summed E-state index contributed by atoms with van der Waals surface area (Å²) in [6.07, 6.45) is 54.3. The van der Waals surface area contributed by atoms with E-state index >= 15 is 0 Å². The molecule has 1 aliphatic rings. The molecule has 1 amide bonds. The van der Waals surface area contributed by atoms with Crippen molar-refractivity contribution in [2.75, 3.05) is 13.2 Å². The molecule has 1 heterocycles. The lowest BCUT2D eigenvalue weighted by atomic mass is 9.98. The van der Waals surface area contributed by atoms with Crippen molar-refractivity contribution in [2.24, 2.45) is 0 Å². The lowest BCUT2D eigenvalue weighted by Gasteiger charge is -2.40. The summed E-state index contributed by atoms with van der Waals surface area (Å²) in [5, 5.41) is 76.4. The van der Waals surface area contributed by atoms with Gasteiger partial charge in [-0.2, -0.15) is 0 Å². The lowest BCUT2D eigenvalue weighted by molar-refractivity contribution is -0.303. The number of hydrogen-bond donors (Lipinski definition) is 8. The standard InChI is InChI=1S/C65H127NO10/c1-3-5-7-9-11-13-15-17-19-21-23-25-27-29-31-32-34-36-38-40-42-44-46-48-50-52-57(68)60(70)56(55-75-65-63(73)62(72)61(71)59(54-67)76-65)66-64(74)58(69)53-51-49-47-45-43-41-39-37-35-33-30-28-26-24-22-20-18-16-14-12-10-8-6-4-2/h44,46,56-63,65,67-73H,3-43,45,47-55H2,1-2H3,(H,66,74)/b46-44+. The van der Waals surface area contributed by atoms with Gasteiger partial charge in [-0.05, 0) is 38.5 Å². The molecule has 1 fully saturated rings. The molecule has 0 aromatic carbocycles. The van der Waals surface area contributed by atoms with Crippen molar-refractivity contribution in [3.05, 3.63) is 12.2 Å². The van der Waals surface area contributed by atoms with E-state index in [1.807, 2.05) is 0 Å². The topological polar surface area (TPSA) is 189 Å². The van der Waals surface area contributed by atoms with Crippen molar-refractivity contribution >= 4 is 5.91 Å². The Morgan fingerprint density at radius 2 is 0.776 bits per heavy atom. The SMILES string of the molecule is CCCCCCCCCCCCCCCCCCCCCC/C=C/CCCC(O)C(O)C(COC1OC(CO)C(O)C(O)C1O)NC(=O)C(O)CCCCCCCCCCCCCCCCCCCCCCCCCC. The van der Waals surface area contributed by atoms with E-state index in [1.165, 1.54) is 250 Å². The Labute approximate surface area is 468 Å². The summed E-state index contributed by atoms with van der Waals surface area (Å²) in [5.41, 5.74) is 0. The number of aliphatic hydroxyl groups excluding tert-OH is 7. The summed E-state index contributed by atoms with van der Waals surface area (Å²) in [7, 11) is 0. The third-order valence-electron chi connectivity index (χ3n) is 16.3. The smallest absolute Gasteiger partial charge is 0.249 e. The monoisotopic (exact) mass is 1080 g/mol. The summed E-state index contributed by atoms with van der Waals surface area (Å²) < 4.78 is 11.2. The maximum Gasteiger partial charge on any atom is 0.249 e. The van der Waals surface area contributed by atoms with Crippen molar-refractivity contribution in [2.45, 2.75) is 384 Å². The van der Waals surface area contributed by atoms with E-state index in [1.54, 1.807) is 0 Å². The summed E-state index contributed by atoms with van der Waals surface area (Å²) >= 11 is 0. The predicted molar refractivity (Wildman–Crippen MR) is 316 cm³/mol. The van der Waals surface area contributed by atoms with E-state index in [2.05, 4.69) is 31.3 Å². The van der Waals surface area contributed by atoms with Crippen LogP contribution in [0.4, 0.5) is 0 Å². The van der Waals surface area contributed by atoms with E-state index < -0.39 is 74.2 Å². The highest BCUT2D eigenvalue weighted by atomic mass is 16.7. The van der Waals surface area contributed by atoms with Crippen LogP contribution >= 0.6 is 0 Å². The Morgan fingerprint density at radius 1 is 0.447 bits per heavy atom. The fraction of sp³-hybridized carbons (Fsp3) is 0.954. The minimum absolute atomic E-state index is 0.260. The van der Waals surface area contributed by atoms with Crippen LogP contribution in [0.2, 0.25) is 0 Å². The number of allylic oxidation sites excluding steroid dienone is 2. The average molecular weight is 1080 g/mol. The zero-order valence-corrected chi connectivity index (χ0v) is 49.8. The van der Waals surface area contributed by atoms with Gasteiger partial charge in [-0.1, -0.05) is 302 Å². The molecule has 11 heteroatoms. The molecule has 11 nitrogen and oxygen atoms in total. The first kappa shape index (κ1) is 72.9. The van der Waals surface area contributed by atoms with Gasteiger partial charge in [0.15, 0.2) is 6.29 Å². The zero-order valence-electron chi connectivity index (χ0n) is 49.8. The van der Waals surface area contributed by atoms with Gasteiger partial charge < -0.3 is 50.5 Å². The van der Waals surface area contributed by atoms with Gasteiger partial charge in [-0.25, -0.2) is 0 Å². The first-order chi connectivity index (χ1) is 37.2. The Balaban J connectivity index is 2.25. The molecule has 0 radical (unpaired) electrons. The second kappa shape index (κ2) is 54.4. The molecule has 0 bridgehead atoms. The highest BCUT2D eigenvalue weighted by Crippen LogP contribution is 2.24. The number of ether oxygens (including phenoxy) is 2. The first-order valence-corrected chi connectivity index (χ1v) is 33.1. The van der Waals surface area contributed by atoms with Gasteiger partial charge in [0.05, 0.1) is 25.4 Å². The fourth-order valence-electron chi connectivity index (χ4n) is 11.0. The summed E-state index contributed by atoms with van der Waals surface area (Å²) in [4.78, 5) is 13.2. The fourth-order valence-corrected chi connectivity index (χ4v) is 11.0. The number of unbranched alkanes of at least 4 members (excludes halogenated alkanes) is 44. The quantitative estimate of drug-likeness (QED) is 0.0215. The van der Waals surface area contributed by atoms with Crippen LogP contribution in [-0.2, 0) is 14.3 Å². The normalized spacial score (nSPS) is 19.6. The molecule has 0 aliphatic carbocycles. The van der Waals surface area contributed by atoms with E-state index in [4.69, 9.17) is 9.47 Å². The Morgan fingerprint density at radius 3 is 1.13 bits per heavy atom. The Bertz CT molecular complexity index is 1240. The van der Waals surface area contributed by atoms with Gasteiger partial charge in [0.2, 0.25) is 5.91 Å². The number of aliphatic hydroxyl groups is 7. The largest absolute Gasteiger partial charge is 0.394 e. The van der Waals surface area contributed by atoms with Crippen LogP contribution in [0.3, 0.4) is 0 Å². The maximum absolute atomic E-state index is 13.2. The summed E-state index contributed by atoms with van der Waals surface area (Å²) in [6, 6.07) is -1.18. The Hall–Kier alpha value is -1.15. The van der Waals surface area contributed by atoms with E-state index in [9.17, 15) is 40.5 Å². The minimum Gasteiger partial charge on any atom is -0.394 e. The molecular weight excluding hydrogens is 955 g/mol. The second-order valence-electron chi connectivity index (χ2n) is 23.5. The molecule has 76 heavy (non-hydrogen) atoms. The molecule has 1 saturated heterocycles. The molecule has 0 aromatic rings. The summed E-state index contributed by atoms with van der Waals surface area (Å²) in [5.74, 6) is -0.698. The predicted octanol–water partition coefficient (Wildman–Crippen LogP) is 15.1. The molecular formula is C65H127NO10. The van der Waals surface area contributed by atoms with Crippen molar-refractivity contribution in [1.82, 2.24) is 5.32 Å². The molecule has 9 atom stereocenters. The van der Waals surface area contributed by atoms with Crippen LogP contribution < -0.4 is 5.32 Å². The number of carbonyl (C=O) groups excluding carboxylic acids is 1. The summed E-state index contributed by atoms with van der Waals surface area (Å²) in [6.45, 7) is 3.50. The molecule has 1 aliphatic heterocycles. The van der Waals surface area contributed by atoms with Crippen molar-refractivity contribution in [3.8, 4) is 0 Å². The van der Waals surface area contributed by atoms with E-state index in [0.717, 1.165) is 38.5 Å². The van der Waals surface area contributed by atoms with Crippen LogP contribution in [0, 0.1) is 0 Å². The molecule has 0 saturated carbocycles. The molecule has 0 aromatic heterocycles. The van der Waals surface area contributed by atoms with Gasteiger partial charge in [0.25, 0.3) is 0 Å². The average Bonchev–Trinajstić information content (AvgIpc) is 3.42. The van der Waals surface area contributed by atoms with Crippen molar-refractivity contribution < 1.29 is 50.0 Å². The second-order valence-corrected chi connectivity index (χ2v) is 23.5. The number of amides is 1. The van der Waals surface area contributed by atoms with Crippen LogP contribution in [-0.4, -0.2) is 110 Å². The van der Waals surface area contributed by atoms with Gasteiger partial charge in [-0.15, -0.1) is 0 Å². The van der Waals surface area contributed by atoms with Crippen LogP contribution in [0.25, 0.3) is 0 Å².